The first-order valence-corrected chi connectivity index (χ1v) is 12.7. The van der Waals surface area contributed by atoms with Gasteiger partial charge in [0.1, 0.15) is 12.6 Å². The Morgan fingerprint density at radius 1 is 0.895 bits per heavy atom. The Balaban J connectivity index is 1.39. The summed E-state index contributed by atoms with van der Waals surface area (Å²) in [5, 5.41) is 14.2. The molecule has 2 unspecified atom stereocenters. The Kier molecular flexibility index (Phi) is 9.11. The molecule has 0 saturated heterocycles. The molecule has 1 aliphatic carbocycles. The third-order valence-corrected chi connectivity index (χ3v) is 6.59. The molecule has 0 fully saturated rings. The smallest absolute Gasteiger partial charge is 0.407 e. The molecule has 2 atom stereocenters. The van der Waals surface area contributed by atoms with Crippen LogP contribution in [0.3, 0.4) is 0 Å². The monoisotopic (exact) mass is 516 g/mol. The number of alkyl carbamates (subject to hydrolysis) is 1. The number of ether oxygens (including phenoxy) is 2. The zero-order chi connectivity index (χ0) is 26.9. The summed E-state index contributed by atoms with van der Waals surface area (Å²) in [6, 6.07) is 24.6. The van der Waals surface area contributed by atoms with Crippen LogP contribution in [-0.4, -0.2) is 48.4 Å². The molecule has 0 saturated carbocycles. The minimum Gasteiger partial charge on any atom is -0.481 e. The molecule has 2 amide bonds. The molecule has 0 aromatic heterocycles. The van der Waals surface area contributed by atoms with Gasteiger partial charge in [0.15, 0.2) is 0 Å². The highest BCUT2D eigenvalue weighted by atomic mass is 16.5. The van der Waals surface area contributed by atoms with E-state index >= 15 is 0 Å². The van der Waals surface area contributed by atoms with Crippen LogP contribution < -0.4 is 10.6 Å². The van der Waals surface area contributed by atoms with E-state index in [9.17, 15) is 14.4 Å². The van der Waals surface area contributed by atoms with Gasteiger partial charge < -0.3 is 25.2 Å². The van der Waals surface area contributed by atoms with Crippen LogP contribution in [0.2, 0.25) is 0 Å². The number of fused-ring (bicyclic) bond motifs is 3. The van der Waals surface area contributed by atoms with E-state index in [0.717, 1.165) is 27.8 Å². The fourth-order valence-electron chi connectivity index (χ4n) is 4.62. The van der Waals surface area contributed by atoms with Crippen molar-refractivity contribution in [3.63, 3.8) is 0 Å². The molecule has 0 bridgehead atoms. The number of rotatable bonds is 12. The minimum absolute atomic E-state index is 0.0647. The molecule has 8 heteroatoms. The summed E-state index contributed by atoms with van der Waals surface area (Å²) in [6.45, 7) is 2.25. The van der Waals surface area contributed by atoms with E-state index in [4.69, 9.17) is 14.6 Å². The number of nitrogens with one attached hydrogen (secondary N) is 2. The molecule has 3 aromatic rings. The number of hydrogen-bond donors (Lipinski definition) is 3. The van der Waals surface area contributed by atoms with Crippen LogP contribution in [0.5, 0.6) is 0 Å². The molecule has 4 rings (SSSR count). The molecule has 198 valence electrons. The zero-order valence-electron chi connectivity index (χ0n) is 21.3. The number of carboxylic acid groups (broad SMARTS) is 1. The van der Waals surface area contributed by atoms with Crippen molar-refractivity contribution in [3.8, 4) is 11.1 Å². The van der Waals surface area contributed by atoms with Gasteiger partial charge in [0.25, 0.3) is 0 Å². The predicted molar refractivity (Wildman–Crippen MR) is 143 cm³/mol. The van der Waals surface area contributed by atoms with Crippen molar-refractivity contribution >= 4 is 18.0 Å². The first-order valence-electron chi connectivity index (χ1n) is 12.7. The lowest BCUT2D eigenvalue weighted by molar-refractivity contribution is -0.137. The quantitative estimate of drug-likeness (QED) is 0.306. The Morgan fingerprint density at radius 3 is 2.13 bits per heavy atom. The zero-order valence-corrected chi connectivity index (χ0v) is 21.3. The second kappa shape index (κ2) is 12.9. The number of carboxylic acids is 1. The highest BCUT2D eigenvalue weighted by Gasteiger charge is 2.31. The minimum atomic E-state index is -1.03. The van der Waals surface area contributed by atoms with Crippen molar-refractivity contribution in [1.82, 2.24) is 10.6 Å². The van der Waals surface area contributed by atoms with Gasteiger partial charge in [-0.2, -0.15) is 0 Å². The molecule has 3 aromatic carbocycles. The Hall–Kier alpha value is -4.17. The van der Waals surface area contributed by atoms with Crippen molar-refractivity contribution in [3.05, 3.63) is 95.6 Å². The van der Waals surface area contributed by atoms with Gasteiger partial charge in [-0.1, -0.05) is 78.9 Å². The number of hydrogen-bond acceptors (Lipinski definition) is 5. The molecule has 38 heavy (non-hydrogen) atoms. The fourth-order valence-corrected chi connectivity index (χ4v) is 4.62. The molecule has 0 radical (unpaired) electrons. The van der Waals surface area contributed by atoms with Crippen molar-refractivity contribution < 1.29 is 29.0 Å². The summed E-state index contributed by atoms with van der Waals surface area (Å²) in [7, 11) is 0. The Bertz CT molecular complexity index is 1220. The Morgan fingerprint density at radius 2 is 1.50 bits per heavy atom. The number of carbonyl (C=O) groups is 3. The van der Waals surface area contributed by atoms with E-state index in [0.29, 0.717) is 0 Å². The second-order valence-electron chi connectivity index (χ2n) is 9.24. The summed E-state index contributed by atoms with van der Waals surface area (Å²) in [4.78, 5) is 36.6. The maximum absolute atomic E-state index is 13.0. The summed E-state index contributed by atoms with van der Waals surface area (Å²) in [5.74, 6) is -1.51. The van der Waals surface area contributed by atoms with Crippen LogP contribution in [0, 0.1) is 0 Å². The number of carbonyl (C=O) groups excluding carboxylic acids is 2. The van der Waals surface area contributed by atoms with E-state index in [-0.39, 0.29) is 38.5 Å². The molecular formula is C30H32N2O6. The maximum Gasteiger partial charge on any atom is 0.407 e. The summed E-state index contributed by atoms with van der Waals surface area (Å²) >= 11 is 0. The van der Waals surface area contributed by atoms with Gasteiger partial charge in [0, 0.05) is 18.9 Å². The van der Waals surface area contributed by atoms with Gasteiger partial charge in [-0.25, -0.2) is 4.79 Å². The van der Waals surface area contributed by atoms with Crippen molar-refractivity contribution in [1.29, 1.82) is 0 Å². The first kappa shape index (κ1) is 26.9. The van der Waals surface area contributed by atoms with Gasteiger partial charge in [-0.05, 0) is 41.2 Å². The van der Waals surface area contributed by atoms with Gasteiger partial charge in [-0.15, -0.1) is 0 Å². The van der Waals surface area contributed by atoms with Crippen molar-refractivity contribution in [2.24, 2.45) is 0 Å². The number of benzene rings is 3. The largest absolute Gasteiger partial charge is 0.481 e. The highest BCUT2D eigenvalue weighted by Crippen LogP contribution is 2.44. The second-order valence-corrected chi connectivity index (χ2v) is 9.24. The lowest BCUT2D eigenvalue weighted by Gasteiger charge is -2.25. The van der Waals surface area contributed by atoms with E-state index in [1.807, 2.05) is 66.7 Å². The molecule has 1 aliphatic rings. The number of amides is 2. The summed E-state index contributed by atoms with van der Waals surface area (Å²) < 4.78 is 11.5. The normalized spacial score (nSPS) is 13.6. The molecule has 0 spiro atoms. The van der Waals surface area contributed by atoms with Crippen molar-refractivity contribution in [2.45, 2.75) is 44.4 Å². The van der Waals surface area contributed by atoms with Gasteiger partial charge in [0.05, 0.1) is 12.7 Å². The first-order chi connectivity index (χ1) is 18.4. The topological polar surface area (TPSA) is 114 Å². The average Bonchev–Trinajstić information content (AvgIpc) is 3.25. The third-order valence-electron chi connectivity index (χ3n) is 6.59. The van der Waals surface area contributed by atoms with Gasteiger partial charge in [0.2, 0.25) is 5.91 Å². The van der Waals surface area contributed by atoms with Crippen LogP contribution >= 0.6 is 0 Å². The van der Waals surface area contributed by atoms with E-state index in [2.05, 4.69) is 22.8 Å². The lowest BCUT2D eigenvalue weighted by atomic mass is 9.98. The fraction of sp³-hybridized carbons (Fsp3) is 0.300. The Labute approximate surface area is 222 Å². The number of aliphatic carboxylic acids is 1. The van der Waals surface area contributed by atoms with Crippen molar-refractivity contribution in [2.75, 3.05) is 13.2 Å². The van der Waals surface area contributed by atoms with Crippen LogP contribution in [0.25, 0.3) is 11.1 Å². The lowest BCUT2D eigenvalue weighted by Crippen LogP contribution is -2.53. The van der Waals surface area contributed by atoms with E-state index < -0.39 is 30.1 Å². The summed E-state index contributed by atoms with van der Waals surface area (Å²) in [6.07, 6.45) is -1.19. The standard InChI is InChI=1S/C30H32N2O6/c1-20(37-18-21-10-3-2-4-11-21)28(29(35)31-17-9-16-27(33)34)32-30(36)38-19-26-24-14-7-5-12-22(24)23-13-6-8-15-25(23)26/h2-8,10-15,20,26,28H,9,16-19H2,1H3,(H,31,35)(H,32,36)(H,33,34). The average molecular weight is 517 g/mol. The van der Waals surface area contributed by atoms with Gasteiger partial charge in [-0.3, -0.25) is 9.59 Å². The van der Waals surface area contributed by atoms with Crippen LogP contribution in [0.15, 0.2) is 78.9 Å². The summed E-state index contributed by atoms with van der Waals surface area (Å²) in [5.41, 5.74) is 5.36. The van der Waals surface area contributed by atoms with Crippen LogP contribution in [0.1, 0.15) is 42.4 Å². The third kappa shape index (κ3) is 6.77. The van der Waals surface area contributed by atoms with E-state index in [1.165, 1.54) is 0 Å². The van der Waals surface area contributed by atoms with E-state index in [1.54, 1.807) is 6.92 Å². The highest BCUT2D eigenvalue weighted by molar-refractivity contribution is 5.86. The molecule has 8 nitrogen and oxygen atoms in total. The maximum atomic E-state index is 13.0. The van der Waals surface area contributed by atoms with Gasteiger partial charge >= 0.3 is 12.1 Å². The molecule has 3 N–H and O–H groups in total. The van der Waals surface area contributed by atoms with Crippen LogP contribution in [0.4, 0.5) is 4.79 Å². The molecule has 0 heterocycles. The SMILES string of the molecule is CC(OCc1ccccc1)C(NC(=O)OCC1c2ccccc2-c2ccccc21)C(=O)NCCCC(=O)O. The van der Waals surface area contributed by atoms with Crippen LogP contribution in [-0.2, 0) is 25.7 Å². The molecule has 0 aliphatic heterocycles. The molecular weight excluding hydrogens is 484 g/mol. The predicted octanol–water partition coefficient (Wildman–Crippen LogP) is 4.48.